The van der Waals surface area contributed by atoms with E-state index in [-0.39, 0.29) is 26.4 Å². The minimum atomic E-state index is -3.73. The quantitative estimate of drug-likeness (QED) is 0.365. The van der Waals surface area contributed by atoms with E-state index in [4.69, 9.17) is 18.1 Å². The van der Waals surface area contributed by atoms with Gasteiger partial charge in [-0.3, -0.25) is 14.0 Å². The molecule has 0 amide bonds. The van der Waals surface area contributed by atoms with Crippen molar-refractivity contribution in [3.05, 3.63) is 12.7 Å². The minimum absolute atomic E-state index is 0.161. The fourth-order valence-electron chi connectivity index (χ4n) is 2.01. The monoisotopic (exact) mass is 357 g/mol. The Morgan fingerprint density at radius 3 is 1.45 bits per heavy atom. The van der Waals surface area contributed by atoms with E-state index in [9.17, 15) is 9.13 Å². The lowest BCUT2D eigenvalue weighted by molar-refractivity contribution is 0.166. The molecule has 0 spiro atoms. The van der Waals surface area contributed by atoms with Gasteiger partial charge in [-0.25, -0.2) is 0 Å². The molecule has 0 rings (SSSR count). The average Bonchev–Trinajstić information content (AvgIpc) is 2.39. The molecule has 0 aromatic heterocycles. The Labute approximate surface area is 134 Å². The molecule has 0 N–H and O–H groups in total. The molecule has 0 saturated heterocycles. The second-order valence-electron chi connectivity index (χ2n) is 4.33. The number of hydrogen-bond acceptors (Lipinski definition) is 7. The first-order valence-electron chi connectivity index (χ1n) is 7.43. The summed E-state index contributed by atoms with van der Waals surface area (Å²) >= 11 is 0. The van der Waals surface area contributed by atoms with Crippen molar-refractivity contribution in [1.29, 1.82) is 0 Å². The van der Waals surface area contributed by atoms with Crippen LogP contribution in [0.3, 0.4) is 0 Å². The highest BCUT2D eigenvalue weighted by Gasteiger charge is 2.53. The third kappa shape index (κ3) is 5.89. The van der Waals surface area contributed by atoms with Gasteiger partial charge in [0, 0.05) is 6.54 Å². The second kappa shape index (κ2) is 10.7. The van der Waals surface area contributed by atoms with Crippen LogP contribution in [-0.4, -0.2) is 50.4 Å². The maximum Gasteiger partial charge on any atom is 0.360 e. The van der Waals surface area contributed by atoms with E-state index in [1.807, 2.05) is 0 Å². The van der Waals surface area contributed by atoms with Crippen molar-refractivity contribution in [2.45, 2.75) is 33.2 Å². The van der Waals surface area contributed by atoms with Gasteiger partial charge >= 0.3 is 15.2 Å². The predicted octanol–water partition coefficient (Wildman–Crippen LogP) is 3.92. The van der Waals surface area contributed by atoms with E-state index in [1.165, 1.54) is 0 Å². The topological polar surface area (TPSA) is 74.3 Å². The number of nitrogens with zero attached hydrogens (tertiary/aromatic N) is 1. The molecule has 0 bridgehead atoms. The highest BCUT2D eigenvalue weighted by molar-refractivity contribution is 7.72. The lowest BCUT2D eigenvalue weighted by Crippen LogP contribution is -2.34. The molecule has 9 heteroatoms. The first kappa shape index (κ1) is 22.0. The molecule has 0 fully saturated rings. The van der Waals surface area contributed by atoms with Gasteiger partial charge in [-0.15, -0.1) is 6.58 Å². The van der Waals surface area contributed by atoms with Crippen molar-refractivity contribution >= 4 is 15.2 Å². The van der Waals surface area contributed by atoms with Crippen LogP contribution in [0.25, 0.3) is 0 Å². The largest absolute Gasteiger partial charge is 0.360 e. The summed E-state index contributed by atoms with van der Waals surface area (Å²) in [5.41, 5.74) is -1.14. The van der Waals surface area contributed by atoms with Crippen molar-refractivity contribution in [1.82, 2.24) is 4.90 Å². The van der Waals surface area contributed by atoms with E-state index in [2.05, 4.69) is 6.58 Å². The van der Waals surface area contributed by atoms with Crippen LogP contribution in [0.15, 0.2) is 12.7 Å². The van der Waals surface area contributed by atoms with Crippen LogP contribution in [0, 0.1) is 0 Å². The Kier molecular flexibility index (Phi) is 10.7. The van der Waals surface area contributed by atoms with Gasteiger partial charge in [0.25, 0.3) is 0 Å². The Morgan fingerprint density at radius 2 is 1.23 bits per heavy atom. The van der Waals surface area contributed by atoms with Crippen molar-refractivity contribution in [2.75, 3.05) is 40.0 Å². The molecule has 0 aliphatic rings. The molecule has 0 saturated carbocycles. The van der Waals surface area contributed by atoms with Gasteiger partial charge in [-0.2, -0.15) is 0 Å². The van der Waals surface area contributed by atoms with Crippen molar-refractivity contribution < 1.29 is 27.2 Å². The SMILES string of the molecule is C=CCN(C)C(P(=O)(OCC)OCC)P(=O)(OCC)OCC. The van der Waals surface area contributed by atoms with Gasteiger partial charge in [-0.1, -0.05) is 6.08 Å². The van der Waals surface area contributed by atoms with Gasteiger partial charge in [0.05, 0.1) is 26.4 Å². The van der Waals surface area contributed by atoms with Crippen LogP contribution < -0.4 is 0 Å². The summed E-state index contributed by atoms with van der Waals surface area (Å²) in [5.74, 6) is 0. The first-order valence-corrected chi connectivity index (χ1v) is 10.7. The first-order chi connectivity index (χ1) is 10.3. The maximum atomic E-state index is 13.2. The summed E-state index contributed by atoms with van der Waals surface area (Å²) in [4.78, 5) is 1.57. The fraction of sp³-hybridized carbons (Fsp3) is 0.846. The summed E-state index contributed by atoms with van der Waals surface area (Å²) in [6, 6.07) is 0. The standard InChI is InChI=1S/C13H29NO6P2/c1-7-12-14(6)13(21(15,17-8-2)18-9-3)22(16,19-10-4)20-11-5/h7,13H,1,8-12H2,2-6H3. The highest BCUT2D eigenvalue weighted by Crippen LogP contribution is 2.71. The van der Waals surface area contributed by atoms with E-state index >= 15 is 0 Å². The average molecular weight is 357 g/mol. The number of hydrogen-bond donors (Lipinski definition) is 0. The molecule has 0 aliphatic heterocycles. The molecule has 0 radical (unpaired) electrons. The molecule has 0 heterocycles. The normalized spacial score (nSPS) is 13.0. The Hall–Kier alpha value is -0.0000000000000000416. The van der Waals surface area contributed by atoms with Crippen LogP contribution in [-0.2, 0) is 27.2 Å². The minimum Gasteiger partial charge on any atom is -0.307 e. The van der Waals surface area contributed by atoms with Gasteiger partial charge in [0.1, 0.15) is 0 Å². The molecule has 0 aliphatic carbocycles. The third-order valence-electron chi connectivity index (χ3n) is 2.61. The predicted molar refractivity (Wildman–Crippen MR) is 88.3 cm³/mol. The molecule has 0 atom stereocenters. The van der Waals surface area contributed by atoms with Gasteiger partial charge in [0.15, 0.2) is 0 Å². The molecule has 22 heavy (non-hydrogen) atoms. The Morgan fingerprint density at radius 1 is 0.909 bits per heavy atom. The lowest BCUT2D eigenvalue weighted by Gasteiger charge is -2.36. The van der Waals surface area contributed by atoms with E-state index in [0.717, 1.165) is 0 Å². The van der Waals surface area contributed by atoms with Gasteiger partial charge < -0.3 is 18.1 Å². The smallest absolute Gasteiger partial charge is 0.307 e. The molecule has 0 aromatic rings. The zero-order chi connectivity index (χ0) is 17.2. The molecule has 132 valence electrons. The zero-order valence-corrected chi connectivity index (χ0v) is 16.0. The Balaban J connectivity index is 5.90. The highest BCUT2D eigenvalue weighted by atomic mass is 31.2. The number of rotatable bonds is 13. The summed E-state index contributed by atoms with van der Waals surface area (Å²) < 4.78 is 47.8. The van der Waals surface area contributed by atoms with E-state index in [0.29, 0.717) is 6.54 Å². The van der Waals surface area contributed by atoms with E-state index < -0.39 is 20.7 Å². The van der Waals surface area contributed by atoms with Crippen LogP contribution in [0.4, 0.5) is 0 Å². The van der Waals surface area contributed by atoms with Crippen molar-refractivity contribution in [3.8, 4) is 0 Å². The molecule has 7 nitrogen and oxygen atoms in total. The number of likely N-dealkylation sites (N-methyl/N-ethyl adjacent to an activating group) is 1. The maximum absolute atomic E-state index is 13.2. The summed E-state index contributed by atoms with van der Waals surface area (Å²) in [7, 11) is -5.81. The van der Waals surface area contributed by atoms with Crippen LogP contribution >= 0.6 is 15.2 Å². The lowest BCUT2D eigenvalue weighted by atomic mass is 10.6. The molecule has 0 unspecified atom stereocenters. The molecular weight excluding hydrogens is 328 g/mol. The van der Waals surface area contributed by atoms with Crippen LogP contribution in [0.1, 0.15) is 27.7 Å². The van der Waals surface area contributed by atoms with Crippen LogP contribution in [0.2, 0.25) is 0 Å². The third-order valence-corrected chi connectivity index (χ3v) is 8.70. The molecule has 0 aromatic carbocycles. The molecular formula is C13H29NO6P2. The van der Waals surface area contributed by atoms with Gasteiger partial charge in [0.2, 0.25) is 5.52 Å². The second-order valence-corrected chi connectivity index (χ2v) is 8.90. The van der Waals surface area contributed by atoms with Gasteiger partial charge in [-0.05, 0) is 34.7 Å². The fourth-order valence-corrected chi connectivity index (χ4v) is 7.48. The summed E-state index contributed by atoms with van der Waals surface area (Å²) in [5, 5.41) is 0. The van der Waals surface area contributed by atoms with Crippen molar-refractivity contribution in [3.63, 3.8) is 0 Å². The Bertz CT molecular complexity index is 367. The zero-order valence-electron chi connectivity index (χ0n) is 14.2. The summed E-state index contributed by atoms with van der Waals surface area (Å²) in [6.45, 7) is 11.4. The summed E-state index contributed by atoms with van der Waals surface area (Å²) in [6.07, 6.45) is 1.61. The van der Waals surface area contributed by atoms with Crippen LogP contribution in [0.5, 0.6) is 0 Å². The van der Waals surface area contributed by atoms with E-state index in [1.54, 1.807) is 45.7 Å². The van der Waals surface area contributed by atoms with Crippen molar-refractivity contribution in [2.24, 2.45) is 0 Å².